The number of aryl methyl sites for hydroxylation is 1. The van der Waals surface area contributed by atoms with Crippen molar-refractivity contribution >= 4 is 22.9 Å². The number of carbonyl (C=O) groups excluding carboxylic acids is 1. The summed E-state index contributed by atoms with van der Waals surface area (Å²) in [5.74, 6) is 0.373. The number of amides is 1. The second kappa shape index (κ2) is 6.55. The van der Waals surface area contributed by atoms with E-state index in [0.717, 1.165) is 0 Å². The van der Waals surface area contributed by atoms with Crippen LogP contribution in [0.25, 0.3) is 16.9 Å². The van der Waals surface area contributed by atoms with Crippen LogP contribution in [0.5, 0.6) is 0 Å². The lowest BCUT2D eigenvalue weighted by Gasteiger charge is -2.25. The van der Waals surface area contributed by atoms with Crippen LogP contribution in [0.4, 0.5) is 10.3 Å². The Morgan fingerprint density at radius 1 is 1.35 bits per heavy atom. The van der Waals surface area contributed by atoms with Gasteiger partial charge in [0.15, 0.2) is 0 Å². The molecule has 3 rings (SSSR count). The lowest BCUT2D eigenvalue weighted by Crippen LogP contribution is -2.31. The van der Waals surface area contributed by atoms with Crippen LogP contribution in [0.3, 0.4) is 0 Å². The molecule has 0 unspecified atom stereocenters. The fourth-order valence-electron chi connectivity index (χ4n) is 2.58. The monoisotopic (exact) mass is 358 g/mol. The molecule has 0 aliphatic rings. The fraction of sp³-hybridized carbons (Fsp3) is 0.421. The van der Waals surface area contributed by atoms with E-state index in [2.05, 4.69) is 15.5 Å². The van der Waals surface area contributed by atoms with E-state index in [0.29, 0.717) is 34.1 Å². The largest absolute Gasteiger partial charge is 0.338 e. The number of nitrogens with one attached hydrogen (secondary N) is 1. The Hall–Kier alpha value is -2.70. The first-order chi connectivity index (χ1) is 12.2. The van der Waals surface area contributed by atoms with Crippen molar-refractivity contribution in [2.45, 2.75) is 41.3 Å². The molecule has 3 aromatic rings. The molecule has 0 saturated heterocycles. The molecule has 0 bridgehead atoms. The zero-order valence-corrected chi connectivity index (χ0v) is 15.6. The predicted molar refractivity (Wildman–Crippen MR) is 97.9 cm³/mol. The van der Waals surface area contributed by atoms with Crippen molar-refractivity contribution in [3.05, 3.63) is 35.5 Å². The topological polar surface area (TPSA) is 73.0 Å². The number of fused-ring (bicyclic) bond motifs is 1. The van der Waals surface area contributed by atoms with Gasteiger partial charge >= 0.3 is 0 Å². The maximum absolute atomic E-state index is 13.1. The summed E-state index contributed by atoms with van der Waals surface area (Å²) >= 11 is 0. The van der Waals surface area contributed by atoms with E-state index < -0.39 is 6.67 Å². The van der Waals surface area contributed by atoms with Gasteiger partial charge in [0.2, 0.25) is 17.7 Å². The van der Waals surface area contributed by atoms with Crippen molar-refractivity contribution in [3.63, 3.8) is 0 Å². The second-order valence-corrected chi connectivity index (χ2v) is 7.61. The van der Waals surface area contributed by atoms with Gasteiger partial charge in [-0.25, -0.2) is 13.9 Å². The average Bonchev–Trinajstić information content (AvgIpc) is 3.15. The molecule has 1 atom stereocenters. The van der Waals surface area contributed by atoms with Crippen LogP contribution in [-0.4, -0.2) is 20.6 Å². The van der Waals surface area contributed by atoms with Crippen molar-refractivity contribution in [2.24, 2.45) is 11.3 Å². The third-order valence-corrected chi connectivity index (χ3v) is 4.64. The molecule has 2 aromatic heterocycles. The molecule has 1 aromatic carbocycles. The summed E-state index contributed by atoms with van der Waals surface area (Å²) in [5, 5.41) is 6.79. The first-order valence-corrected chi connectivity index (χ1v) is 8.52. The Balaban J connectivity index is 2.11. The number of anilines is 1. The summed E-state index contributed by atoms with van der Waals surface area (Å²) in [6.45, 7) is 9.12. The summed E-state index contributed by atoms with van der Waals surface area (Å²) in [6.07, 6.45) is 0. The minimum absolute atomic E-state index is 0.143. The standard InChI is InChI=1S/C19H23FN4O2/c1-11-8-16(26-23-11)24-15-9-13(10-20)6-7-14(15)21-18(24)22-17(25)12(2)19(3,4)5/h6-9,12H,10H2,1-5H3,(H,21,22,25)/t12-/m1/s1. The maximum Gasteiger partial charge on any atom is 0.238 e. The number of aromatic nitrogens is 3. The van der Waals surface area contributed by atoms with Crippen molar-refractivity contribution < 1.29 is 13.7 Å². The summed E-state index contributed by atoms with van der Waals surface area (Å²) < 4.78 is 20.1. The minimum atomic E-state index is -0.584. The smallest absolute Gasteiger partial charge is 0.238 e. The molecule has 0 fully saturated rings. The van der Waals surface area contributed by atoms with Gasteiger partial charge in [0.05, 0.1) is 16.7 Å². The number of carbonyl (C=O) groups is 1. The molecule has 1 N–H and O–H groups in total. The molecule has 26 heavy (non-hydrogen) atoms. The van der Waals surface area contributed by atoms with E-state index in [1.54, 1.807) is 35.8 Å². The number of hydrogen-bond donors (Lipinski definition) is 1. The van der Waals surface area contributed by atoms with Crippen LogP contribution < -0.4 is 5.32 Å². The van der Waals surface area contributed by atoms with Gasteiger partial charge in [0.25, 0.3) is 0 Å². The lowest BCUT2D eigenvalue weighted by atomic mass is 9.81. The van der Waals surface area contributed by atoms with Gasteiger partial charge < -0.3 is 4.52 Å². The Morgan fingerprint density at radius 3 is 2.65 bits per heavy atom. The number of alkyl halides is 1. The Morgan fingerprint density at radius 2 is 2.08 bits per heavy atom. The van der Waals surface area contributed by atoms with Gasteiger partial charge in [0, 0.05) is 12.0 Å². The summed E-state index contributed by atoms with van der Waals surface area (Å²) in [5.41, 5.74) is 2.31. The van der Waals surface area contributed by atoms with Gasteiger partial charge in [-0.15, -0.1) is 0 Å². The molecule has 7 heteroatoms. The van der Waals surface area contributed by atoms with E-state index in [-0.39, 0.29) is 17.2 Å². The van der Waals surface area contributed by atoms with Gasteiger partial charge in [-0.2, -0.15) is 0 Å². The number of hydrogen-bond acceptors (Lipinski definition) is 4. The van der Waals surface area contributed by atoms with Crippen LogP contribution in [-0.2, 0) is 11.5 Å². The summed E-state index contributed by atoms with van der Waals surface area (Å²) in [6, 6.07) is 6.84. The third-order valence-electron chi connectivity index (χ3n) is 4.64. The first-order valence-electron chi connectivity index (χ1n) is 8.52. The first kappa shape index (κ1) is 18.1. The predicted octanol–water partition coefficient (Wildman–Crippen LogP) is 4.41. The van der Waals surface area contributed by atoms with Crippen LogP contribution >= 0.6 is 0 Å². The number of nitrogens with zero attached hydrogens (tertiary/aromatic N) is 3. The van der Waals surface area contributed by atoms with E-state index in [1.165, 1.54) is 0 Å². The van der Waals surface area contributed by atoms with E-state index in [1.807, 2.05) is 27.7 Å². The molecule has 138 valence electrons. The SMILES string of the molecule is Cc1cc(-n2c(NC(=O)[C@@H](C)C(C)(C)C)nc3ccc(CF)cc32)on1. The van der Waals surface area contributed by atoms with E-state index in [9.17, 15) is 9.18 Å². The van der Waals surface area contributed by atoms with Gasteiger partial charge in [0.1, 0.15) is 6.67 Å². The Kier molecular flexibility index (Phi) is 4.56. The molecule has 2 heterocycles. The lowest BCUT2D eigenvalue weighted by molar-refractivity contribution is -0.122. The second-order valence-electron chi connectivity index (χ2n) is 7.61. The molecule has 0 radical (unpaired) electrons. The average molecular weight is 358 g/mol. The molecule has 6 nitrogen and oxygen atoms in total. The molecular formula is C19H23FN4O2. The van der Waals surface area contributed by atoms with E-state index in [4.69, 9.17) is 4.52 Å². The fourth-order valence-corrected chi connectivity index (χ4v) is 2.58. The maximum atomic E-state index is 13.1. The quantitative estimate of drug-likeness (QED) is 0.750. The zero-order chi connectivity index (χ0) is 19.1. The van der Waals surface area contributed by atoms with Crippen LogP contribution in [0.2, 0.25) is 0 Å². The number of rotatable bonds is 4. The Bertz CT molecular complexity index is 952. The van der Waals surface area contributed by atoms with Crippen LogP contribution in [0.1, 0.15) is 39.0 Å². The van der Waals surface area contributed by atoms with Crippen molar-refractivity contribution in [3.8, 4) is 5.88 Å². The van der Waals surface area contributed by atoms with Crippen molar-refractivity contribution in [1.29, 1.82) is 0 Å². The summed E-state index contributed by atoms with van der Waals surface area (Å²) in [7, 11) is 0. The molecule has 0 saturated carbocycles. The molecule has 0 spiro atoms. The molecule has 0 aliphatic carbocycles. The normalized spacial score (nSPS) is 13.2. The van der Waals surface area contributed by atoms with Crippen LogP contribution in [0.15, 0.2) is 28.8 Å². The van der Waals surface area contributed by atoms with Gasteiger partial charge in [-0.1, -0.05) is 38.9 Å². The molecule has 0 aliphatic heterocycles. The number of benzene rings is 1. The summed E-state index contributed by atoms with van der Waals surface area (Å²) in [4.78, 5) is 17.2. The highest BCUT2D eigenvalue weighted by Gasteiger charge is 2.28. The number of halogens is 1. The molecular weight excluding hydrogens is 335 g/mol. The Labute approximate surface area is 151 Å². The molecule has 1 amide bonds. The highest BCUT2D eigenvalue weighted by atomic mass is 19.1. The highest BCUT2D eigenvalue weighted by Crippen LogP contribution is 2.29. The van der Waals surface area contributed by atoms with Gasteiger partial charge in [-0.05, 0) is 30.0 Å². The van der Waals surface area contributed by atoms with Crippen molar-refractivity contribution in [2.75, 3.05) is 5.32 Å². The highest BCUT2D eigenvalue weighted by molar-refractivity contribution is 5.94. The zero-order valence-electron chi connectivity index (χ0n) is 15.6. The van der Waals surface area contributed by atoms with Gasteiger partial charge in [-0.3, -0.25) is 10.1 Å². The third kappa shape index (κ3) is 3.34. The van der Waals surface area contributed by atoms with E-state index >= 15 is 0 Å². The van der Waals surface area contributed by atoms with Crippen molar-refractivity contribution in [1.82, 2.24) is 14.7 Å². The minimum Gasteiger partial charge on any atom is -0.338 e. The van der Waals surface area contributed by atoms with Crippen LogP contribution in [0, 0.1) is 18.3 Å². The number of imidazole rings is 1.